The minimum absolute atomic E-state index is 0.108. The standard InChI is InChI=1S/C17H32O2/c1-16(18)19-17-14-12-10-8-6-4-2-3-5-7-9-11-13-15-17/h17H,2-15H2,1H3. The lowest BCUT2D eigenvalue weighted by atomic mass is 10.0. The molecule has 2 nitrogen and oxygen atoms in total. The molecule has 1 rings (SSSR count). The Morgan fingerprint density at radius 3 is 1.32 bits per heavy atom. The lowest BCUT2D eigenvalue weighted by Gasteiger charge is -2.16. The van der Waals surface area contributed by atoms with Gasteiger partial charge in [0, 0.05) is 6.92 Å². The van der Waals surface area contributed by atoms with E-state index in [1.807, 2.05) is 0 Å². The van der Waals surface area contributed by atoms with Crippen LogP contribution >= 0.6 is 0 Å². The monoisotopic (exact) mass is 268 g/mol. The van der Waals surface area contributed by atoms with Crippen LogP contribution in [0.2, 0.25) is 0 Å². The van der Waals surface area contributed by atoms with E-state index >= 15 is 0 Å². The zero-order valence-corrected chi connectivity index (χ0v) is 12.8. The van der Waals surface area contributed by atoms with Crippen molar-refractivity contribution < 1.29 is 9.53 Å². The molecule has 19 heavy (non-hydrogen) atoms. The number of ether oxygens (including phenoxy) is 1. The highest BCUT2D eigenvalue weighted by molar-refractivity contribution is 5.66. The maximum absolute atomic E-state index is 11.1. The molecule has 0 atom stereocenters. The van der Waals surface area contributed by atoms with Crippen molar-refractivity contribution in [2.75, 3.05) is 0 Å². The highest BCUT2D eigenvalue weighted by Gasteiger charge is 2.11. The largest absolute Gasteiger partial charge is 0.463 e. The third-order valence-electron chi connectivity index (χ3n) is 4.13. The molecule has 1 fully saturated rings. The van der Waals surface area contributed by atoms with E-state index in [9.17, 15) is 4.79 Å². The normalized spacial score (nSPS) is 22.2. The summed E-state index contributed by atoms with van der Waals surface area (Å²) in [6.45, 7) is 1.54. The summed E-state index contributed by atoms with van der Waals surface area (Å²) in [5, 5.41) is 0. The molecule has 1 saturated carbocycles. The van der Waals surface area contributed by atoms with Crippen LogP contribution in [0.3, 0.4) is 0 Å². The Labute approximate surface area is 119 Å². The molecule has 0 heterocycles. The Morgan fingerprint density at radius 2 is 1.00 bits per heavy atom. The maximum Gasteiger partial charge on any atom is 0.302 e. The Hall–Kier alpha value is -0.530. The number of carbonyl (C=O) groups excluding carboxylic acids is 1. The smallest absolute Gasteiger partial charge is 0.302 e. The maximum atomic E-state index is 11.1. The molecule has 0 amide bonds. The summed E-state index contributed by atoms with van der Waals surface area (Å²) in [6, 6.07) is 0. The van der Waals surface area contributed by atoms with Crippen molar-refractivity contribution in [3.63, 3.8) is 0 Å². The fraction of sp³-hybridized carbons (Fsp3) is 0.941. The molecule has 0 radical (unpaired) electrons. The van der Waals surface area contributed by atoms with Gasteiger partial charge in [-0.3, -0.25) is 4.79 Å². The van der Waals surface area contributed by atoms with Crippen LogP contribution in [0.5, 0.6) is 0 Å². The van der Waals surface area contributed by atoms with Crippen LogP contribution in [0.4, 0.5) is 0 Å². The van der Waals surface area contributed by atoms with Gasteiger partial charge < -0.3 is 4.74 Å². The highest BCUT2D eigenvalue weighted by atomic mass is 16.5. The summed E-state index contributed by atoms with van der Waals surface area (Å²) < 4.78 is 5.44. The Balaban J connectivity index is 2.27. The summed E-state index contributed by atoms with van der Waals surface area (Å²) in [6.07, 6.45) is 18.5. The van der Waals surface area contributed by atoms with Gasteiger partial charge in [0.25, 0.3) is 0 Å². The van der Waals surface area contributed by atoms with Gasteiger partial charge in [0.2, 0.25) is 0 Å². The highest BCUT2D eigenvalue weighted by Crippen LogP contribution is 2.18. The molecule has 112 valence electrons. The van der Waals surface area contributed by atoms with Crippen LogP contribution < -0.4 is 0 Å². The van der Waals surface area contributed by atoms with Crippen LogP contribution in [0.15, 0.2) is 0 Å². The van der Waals surface area contributed by atoms with Crippen LogP contribution in [0.1, 0.15) is 96.8 Å². The summed E-state index contributed by atoms with van der Waals surface area (Å²) in [7, 11) is 0. The van der Waals surface area contributed by atoms with E-state index in [1.165, 1.54) is 84.0 Å². The van der Waals surface area contributed by atoms with Gasteiger partial charge in [-0.1, -0.05) is 64.2 Å². The van der Waals surface area contributed by atoms with Gasteiger partial charge in [-0.05, 0) is 25.7 Å². The topological polar surface area (TPSA) is 26.3 Å². The minimum atomic E-state index is -0.108. The molecule has 0 aliphatic heterocycles. The molecular formula is C17H32O2. The van der Waals surface area contributed by atoms with Crippen molar-refractivity contribution >= 4 is 5.97 Å². The van der Waals surface area contributed by atoms with E-state index < -0.39 is 0 Å². The van der Waals surface area contributed by atoms with Gasteiger partial charge >= 0.3 is 5.97 Å². The molecule has 2 heteroatoms. The van der Waals surface area contributed by atoms with E-state index in [2.05, 4.69) is 0 Å². The predicted octanol–water partition coefficient (Wildman–Crippen LogP) is 5.39. The first-order chi connectivity index (χ1) is 9.29. The quantitative estimate of drug-likeness (QED) is 0.596. The van der Waals surface area contributed by atoms with Gasteiger partial charge in [0.05, 0.1) is 0 Å². The first-order valence-electron chi connectivity index (χ1n) is 8.46. The summed E-state index contributed by atoms with van der Waals surface area (Å²) >= 11 is 0. The summed E-state index contributed by atoms with van der Waals surface area (Å²) in [4.78, 5) is 11.1. The summed E-state index contributed by atoms with van der Waals surface area (Å²) in [5.41, 5.74) is 0. The molecule has 0 aromatic rings. The van der Waals surface area contributed by atoms with Crippen LogP contribution in [-0.2, 0) is 9.53 Å². The number of hydrogen-bond acceptors (Lipinski definition) is 2. The minimum Gasteiger partial charge on any atom is -0.463 e. The number of rotatable bonds is 1. The molecule has 0 N–H and O–H groups in total. The van der Waals surface area contributed by atoms with Gasteiger partial charge in [-0.25, -0.2) is 0 Å². The zero-order chi connectivity index (χ0) is 13.8. The van der Waals surface area contributed by atoms with Crippen LogP contribution in [0, 0.1) is 0 Å². The van der Waals surface area contributed by atoms with E-state index in [-0.39, 0.29) is 12.1 Å². The van der Waals surface area contributed by atoms with E-state index in [0.29, 0.717) is 0 Å². The fourth-order valence-corrected chi connectivity index (χ4v) is 3.01. The van der Waals surface area contributed by atoms with Gasteiger partial charge in [0.1, 0.15) is 6.10 Å². The Kier molecular flexibility index (Phi) is 9.84. The molecule has 1 aliphatic rings. The summed E-state index contributed by atoms with van der Waals surface area (Å²) in [5.74, 6) is -0.108. The fourth-order valence-electron chi connectivity index (χ4n) is 3.01. The molecule has 0 spiro atoms. The van der Waals surface area contributed by atoms with Crippen molar-refractivity contribution in [1.82, 2.24) is 0 Å². The third-order valence-corrected chi connectivity index (χ3v) is 4.13. The van der Waals surface area contributed by atoms with Crippen molar-refractivity contribution in [2.24, 2.45) is 0 Å². The lowest BCUT2D eigenvalue weighted by molar-refractivity contribution is -0.147. The molecule has 0 aromatic carbocycles. The third kappa shape index (κ3) is 9.98. The average Bonchev–Trinajstić information content (AvgIpc) is 2.38. The first-order valence-corrected chi connectivity index (χ1v) is 8.46. The molecule has 1 aliphatic carbocycles. The lowest BCUT2D eigenvalue weighted by Crippen LogP contribution is -2.16. The number of carbonyl (C=O) groups is 1. The van der Waals surface area contributed by atoms with Gasteiger partial charge in [-0.15, -0.1) is 0 Å². The molecule has 0 bridgehead atoms. The van der Waals surface area contributed by atoms with Crippen molar-refractivity contribution in [2.45, 2.75) is 103 Å². The first kappa shape index (κ1) is 16.5. The molecule has 0 unspecified atom stereocenters. The van der Waals surface area contributed by atoms with Gasteiger partial charge in [0.15, 0.2) is 0 Å². The number of hydrogen-bond donors (Lipinski definition) is 0. The predicted molar refractivity (Wildman–Crippen MR) is 80.2 cm³/mol. The van der Waals surface area contributed by atoms with Crippen LogP contribution in [0.25, 0.3) is 0 Å². The SMILES string of the molecule is CC(=O)OC1CCCCCCCCCCCCCC1. The molecular weight excluding hydrogens is 236 g/mol. The van der Waals surface area contributed by atoms with Crippen molar-refractivity contribution in [3.8, 4) is 0 Å². The van der Waals surface area contributed by atoms with E-state index in [4.69, 9.17) is 4.74 Å². The van der Waals surface area contributed by atoms with Crippen molar-refractivity contribution in [3.05, 3.63) is 0 Å². The van der Waals surface area contributed by atoms with E-state index in [0.717, 1.165) is 12.8 Å². The molecule has 0 saturated heterocycles. The zero-order valence-electron chi connectivity index (χ0n) is 12.8. The van der Waals surface area contributed by atoms with E-state index in [1.54, 1.807) is 0 Å². The Morgan fingerprint density at radius 1 is 0.684 bits per heavy atom. The van der Waals surface area contributed by atoms with Gasteiger partial charge in [-0.2, -0.15) is 0 Å². The second kappa shape index (κ2) is 11.3. The van der Waals surface area contributed by atoms with Crippen molar-refractivity contribution in [1.29, 1.82) is 0 Å². The second-order valence-corrected chi connectivity index (χ2v) is 6.05. The Bertz CT molecular complexity index is 209. The average molecular weight is 268 g/mol. The second-order valence-electron chi connectivity index (χ2n) is 6.05. The number of esters is 1. The van der Waals surface area contributed by atoms with Crippen LogP contribution in [-0.4, -0.2) is 12.1 Å². The molecule has 0 aromatic heterocycles.